The highest BCUT2D eigenvalue weighted by Gasteiger charge is 2.12. The molecule has 1 heterocycles. The molecule has 3 rings (SSSR count). The number of fused-ring (bicyclic) bond motifs is 1. The van der Waals surface area contributed by atoms with Crippen molar-refractivity contribution in [2.45, 2.75) is 0 Å². The van der Waals surface area contributed by atoms with Crippen molar-refractivity contribution in [1.29, 1.82) is 0 Å². The number of furan rings is 1. The van der Waals surface area contributed by atoms with Gasteiger partial charge in [-0.3, -0.25) is 9.59 Å². The summed E-state index contributed by atoms with van der Waals surface area (Å²) in [4.78, 5) is 22.4. The van der Waals surface area contributed by atoms with E-state index in [1.165, 1.54) is 0 Å². The normalized spacial score (nSPS) is 10.3. The van der Waals surface area contributed by atoms with Crippen LogP contribution in [0.15, 0.2) is 59.0 Å². The summed E-state index contributed by atoms with van der Waals surface area (Å²) in [5, 5.41) is 6.15. The smallest absolute Gasteiger partial charge is 0.291 e. The van der Waals surface area contributed by atoms with Gasteiger partial charge in [0.1, 0.15) is 5.58 Å². The number of amides is 2. The highest BCUT2D eigenvalue weighted by atomic mass is 16.3. The zero-order chi connectivity index (χ0) is 14.7. The molecule has 5 nitrogen and oxygen atoms in total. The first-order valence-electron chi connectivity index (χ1n) is 6.36. The minimum atomic E-state index is -0.317. The second-order valence-corrected chi connectivity index (χ2v) is 4.44. The van der Waals surface area contributed by atoms with Crippen LogP contribution >= 0.6 is 0 Å². The highest BCUT2D eigenvalue weighted by molar-refractivity contribution is 6.04. The Morgan fingerprint density at radius 2 is 1.71 bits per heavy atom. The van der Waals surface area contributed by atoms with Crippen LogP contribution in [-0.4, -0.2) is 12.3 Å². The van der Waals surface area contributed by atoms with Crippen molar-refractivity contribution in [3.8, 4) is 0 Å². The average Bonchev–Trinajstić information content (AvgIpc) is 2.94. The van der Waals surface area contributed by atoms with Crippen molar-refractivity contribution >= 4 is 34.7 Å². The lowest BCUT2D eigenvalue weighted by Crippen LogP contribution is -2.10. The molecule has 2 N–H and O–H groups in total. The first-order chi connectivity index (χ1) is 10.3. The fraction of sp³-hybridized carbons (Fsp3) is 0. The largest absolute Gasteiger partial charge is 0.451 e. The second kappa shape index (κ2) is 5.50. The molecule has 0 radical (unpaired) electrons. The van der Waals surface area contributed by atoms with Crippen LogP contribution in [0.1, 0.15) is 10.6 Å². The molecule has 5 heteroatoms. The SMILES string of the molecule is O=CNc1ccc(NC(=O)c2cc3ccccc3o2)cc1. The number of para-hydroxylation sites is 1. The number of hydrogen-bond acceptors (Lipinski definition) is 3. The molecule has 2 amide bonds. The molecule has 2 aromatic carbocycles. The summed E-state index contributed by atoms with van der Waals surface area (Å²) in [5.41, 5.74) is 1.96. The van der Waals surface area contributed by atoms with Crippen LogP contribution in [0, 0.1) is 0 Å². The topological polar surface area (TPSA) is 71.3 Å². The summed E-state index contributed by atoms with van der Waals surface area (Å²) in [6, 6.07) is 15.9. The van der Waals surface area contributed by atoms with Crippen LogP contribution in [0.4, 0.5) is 11.4 Å². The lowest BCUT2D eigenvalue weighted by atomic mass is 10.2. The molecular formula is C16H12N2O3. The number of benzene rings is 2. The quantitative estimate of drug-likeness (QED) is 0.720. The van der Waals surface area contributed by atoms with Crippen molar-refractivity contribution < 1.29 is 14.0 Å². The van der Waals surface area contributed by atoms with Gasteiger partial charge in [0.25, 0.3) is 5.91 Å². The van der Waals surface area contributed by atoms with E-state index < -0.39 is 0 Å². The lowest BCUT2D eigenvalue weighted by Gasteiger charge is -2.04. The van der Waals surface area contributed by atoms with E-state index in [0.29, 0.717) is 23.4 Å². The predicted molar refractivity (Wildman–Crippen MR) is 80.3 cm³/mol. The van der Waals surface area contributed by atoms with Gasteiger partial charge in [0.2, 0.25) is 6.41 Å². The van der Waals surface area contributed by atoms with Gasteiger partial charge in [-0.25, -0.2) is 0 Å². The van der Waals surface area contributed by atoms with Gasteiger partial charge in [-0.05, 0) is 36.4 Å². The Bertz CT molecular complexity index is 758. The van der Waals surface area contributed by atoms with E-state index in [-0.39, 0.29) is 11.7 Å². The molecule has 3 aromatic rings. The third-order valence-corrected chi connectivity index (χ3v) is 3.02. The van der Waals surface area contributed by atoms with Crippen LogP contribution in [0.2, 0.25) is 0 Å². The molecule has 21 heavy (non-hydrogen) atoms. The van der Waals surface area contributed by atoms with Gasteiger partial charge in [-0.1, -0.05) is 18.2 Å². The minimum absolute atomic E-state index is 0.256. The molecule has 0 aliphatic heterocycles. The molecule has 0 bridgehead atoms. The van der Waals surface area contributed by atoms with E-state index in [0.717, 1.165) is 5.39 Å². The maximum absolute atomic E-state index is 12.1. The third kappa shape index (κ3) is 2.76. The second-order valence-electron chi connectivity index (χ2n) is 4.44. The van der Waals surface area contributed by atoms with Crippen LogP contribution < -0.4 is 10.6 Å². The van der Waals surface area contributed by atoms with Gasteiger partial charge >= 0.3 is 0 Å². The van der Waals surface area contributed by atoms with Crippen molar-refractivity contribution in [3.05, 3.63) is 60.4 Å². The maximum atomic E-state index is 12.1. The van der Waals surface area contributed by atoms with Crippen molar-refractivity contribution in [1.82, 2.24) is 0 Å². The number of rotatable bonds is 4. The Labute approximate surface area is 120 Å². The Hall–Kier alpha value is -3.08. The van der Waals surface area contributed by atoms with E-state index in [1.54, 1.807) is 30.3 Å². The van der Waals surface area contributed by atoms with Crippen molar-refractivity contribution in [3.63, 3.8) is 0 Å². The highest BCUT2D eigenvalue weighted by Crippen LogP contribution is 2.20. The van der Waals surface area contributed by atoms with E-state index in [1.807, 2.05) is 24.3 Å². The summed E-state index contributed by atoms with van der Waals surface area (Å²) in [5.74, 6) is -0.0615. The number of carbonyl (C=O) groups excluding carboxylic acids is 2. The van der Waals surface area contributed by atoms with Crippen molar-refractivity contribution in [2.24, 2.45) is 0 Å². The minimum Gasteiger partial charge on any atom is -0.451 e. The Kier molecular flexibility index (Phi) is 3.39. The summed E-state index contributed by atoms with van der Waals surface area (Å²) < 4.78 is 5.49. The van der Waals surface area contributed by atoms with Crippen LogP contribution in [0.5, 0.6) is 0 Å². The van der Waals surface area contributed by atoms with Crippen LogP contribution in [0.25, 0.3) is 11.0 Å². The summed E-state index contributed by atoms with van der Waals surface area (Å²) in [6.07, 6.45) is 0.599. The fourth-order valence-corrected chi connectivity index (χ4v) is 2.00. The van der Waals surface area contributed by atoms with Gasteiger partial charge in [0, 0.05) is 16.8 Å². The molecule has 1 aromatic heterocycles. The van der Waals surface area contributed by atoms with Gasteiger partial charge in [0.15, 0.2) is 5.76 Å². The molecule has 0 aliphatic carbocycles. The molecule has 0 saturated carbocycles. The molecule has 0 aliphatic rings. The Balaban J connectivity index is 1.77. The number of hydrogen-bond donors (Lipinski definition) is 2. The van der Waals surface area contributed by atoms with E-state index >= 15 is 0 Å². The standard InChI is InChI=1S/C16H12N2O3/c19-10-17-12-5-7-13(8-6-12)18-16(20)15-9-11-3-1-2-4-14(11)21-15/h1-10H,(H,17,19)(H,18,20). The Morgan fingerprint density at radius 1 is 1.00 bits per heavy atom. The molecular weight excluding hydrogens is 268 g/mol. The lowest BCUT2D eigenvalue weighted by molar-refractivity contribution is -0.105. The molecule has 0 unspecified atom stereocenters. The van der Waals surface area contributed by atoms with Gasteiger partial charge < -0.3 is 15.1 Å². The summed E-state index contributed by atoms with van der Waals surface area (Å²) >= 11 is 0. The number of carbonyl (C=O) groups is 2. The van der Waals surface area contributed by atoms with Crippen LogP contribution in [-0.2, 0) is 4.79 Å². The molecule has 0 saturated heterocycles. The average molecular weight is 280 g/mol. The zero-order valence-corrected chi connectivity index (χ0v) is 11.0. The Morgan fingerprint density at radius 3 is 2.43 bits per heavy atom. The van der Waals surface area contributed by atoms with Gasteiger partial charge in [-0.2, -0.15) is 0 Å². The first-order valence-corrected chi connectivity index (χ1v) is 6.36. The molecule has 0 atom stereocenters. The van der Waals surface area contributed by atoms with Gasteiger partial charge in [-0.15, -0.1) is 0 Å². The summed E-state index contributed by atoms with van der Waals surface area (Å²) in [7, 11) is 0. The zero-order valence-electron chi connectivity index (χ0n) is 11.0. The van der Waals surface area contributed by atoms with E-state index in [2.05, 4.69) is 10.6 Å². The summed E-state index contributed by atoms with van der Waals surface area (Å²) in [6.45, 7) is 0. The van der Waals surface area contributed by atoms with Gasteiger partial charge in [0.05, 0.1) is 0 Å². The molecule has 0 fully saturated rings. The molecule has 104 valence electrons. The number of anilines is 2. The number of nitrogens with one attached hydrogen (secondary N) is 2. The third-order valence-electron chi connectivity index (χ3n) is 3.02. The monoisotopic (exact) mass is 280 g/mol. The molecule has 0 spiro atoms. The van der Waals surface area contributed by atoms with Crippen LogP contribution in [0.3, 0.4) is 0 Å². The fourth-order valence-electron chi connectivity index (χ4n) is 2.00. The van der Waals surface area contributed by atoms with Crippen molar-refractivity contribution in [2.75, 3.05) is 10.6 Å². The van der Waals surface area contributed by atoms with E-state index in [4.69, 9.17) is 4.42 Å². The predicted octanol–water partition coefficient (Wildman–Crippen LogP) is 3.25. The maximum Gasteiger partial charge on any atom is 0.291 e. The first kappa shape index (κ1) is 12.9. The van der Waals surface area contributed by atoms with E-state index in [9.17, 15) is 9.59 Å².